The van der Waals surface area contributed by atoms with E-state index in [1.165, 1.54) is 12.8 Å². The number of hydrogen-bond donors (Lipinski definition) is 2. The summed E-state index contributed by atoms with van der Waals surface area (Å²) in [7, 11) is 1.68. The van der Waals surface area contributed by atoms with Gasteiger partial charge < -0.3 is 10.1 Å². The molecule has 3 nitrogen and oxygen atoms in total. The molecule has 0 aliphatic heterocycles. The Kier molecular flexibility index (Phi) is 4.16. The lowest BCUT2D eigenvalue weighted by molar-refractivity contribution is 0.411. The summed E-state index contributed by atoms with van der Waals surface area (Å²) >= 11 is 8.67. The van der Waals surface area contributed by atoms with Crippen LogP contribution in [0.4, 0.5) is 0 Å². The van der Waals surface area contributed by atoms with Crippen LogP contribution in [0.3, 0.4) is 0 Å². The van der Waals surface area contributed by atoms with E-state index in [0.29, 0.717) is 5.54 Å². The molecule has 0 bridgehead atoms. The van der Waals surface area contributed by atoms with Crippen molar-refractivity contribution >= 4 is 43.8 Å². The fourth-order valence-electron chi connectivity index (χ4n) is 2.23. The number of hydrogen-bond acceptors (Lipinski definition) is 4. The summed E-state index contributed by atoms with van der Waals surface area (Å²) in [4.78, 5) is 1.13. The van der Waals surface area contributed by atoms with E-state index in [0.717, 1.165) is 38.6 Å². The van der Waals surface area contributed by atoms with Crippen LogP contribution in [0.15, 0.2) is 26.0 Å². The standard InChI is InChI=1S/C13H16Br2N2OS/c1-18-11-5-12(10(15)4-9(11)14)19-17-3-2-16-13-6-8(13)7-13/h4-5,8,16-17H,2-3,6-7H2,1H3. The molecule has 0 unspecified atom stereocenters. The van der Waals surface area contributed by atoms with Gasteiger partial charge in [-0.05, 0) is 74.7 Å². The maximum Gasteiger partial charge on any atom is 0.134 e. The van der Waals surface area contributed by atoms with Crippen LogP contribution in [0, 0.1) is 5.92 Å². The van der Waals surface area contributed by atoms with Crippen molar-refractivity contribution in [2.75, 3.05) is 20.2 Å². The molecule has 0 saturated heterocycles. The number of nitrogens with one attached hydrogen (secondary N) is 2. The quantitative estimate of drug-likeness (QED) is 0.534. The molecule has 0 heterocycles. The lowest BCUT2D eigenvalue weighted by Gasteiger charge is -2.11. The van der Waals surface area contributed by atoms with Gasteiger partial charge in [0.15, 0.2) is 0 Å². The summed E-state index contributed by atoms with van der Waals surface area (Å²) in [5, 5.41) is 3.62. The van der Waals surface area contributed by atoms with Crippen LogP contribution in [0.1, 0.15) is 12.8 Å². The van der Waals surface area contributed by atoms with Crippen molar-refractivity contribution in [3.63, 3.8) is 0 Å². The molecule has 2 saturated carbocycles. The second-order valence-corrected chi connectivity index (χ2v) is 7.74. The second-order valence-electron chi connectivity index (χ2n) is 5.10. The van der Waals surface area contributed by atoms with Gasteiger partial charge in [0.05, 0.1) is 11.6 Å². The van der Waals surface area contributed by atoms with Gasteiger partial charge in [-0.1, -0.05) is 0 Å². The van der Waals surface area contributed by atoms with Crippen LogP contribution in [0.25, 0.3) is 0 Å². The topological polar surface area (TPSA) is 33.3 Å². The van der Waals surface area contributed by atoms with E-state index >= 15 is 0 Å². The fraction of sp³-hybridized carbons (Fsp3) is 0.538. The first-order valence-corrected chi connectivity index (χ1v) is 8.73. The molecule has 19 heavy (non-hydrogen) atoms. The molecule has 0 radical (unpaired) electrons. The van der Waals surface area contributed by atoms with Crippen molar-refractivity contribution in [1.29, 1.82) is 0 Å². The summed E-state index contributed by atoms with van der Waals surface area (Å²) in [5.41, 5.74) is 0.577. The fourth-order valence-corrected chi connectivity index (χ4v) is 4.31. The third-order valence-electron chi connectivity index (χ3n) is 3.78. The highest BCUT2D eigenvalue weighted by molar-refractivity contribution is 9.11. The minimum atomic E-state index is 0.577. The van der Waals surface area contributed by atoms with Gasteiger partial charge in [0, 0.05) is 28.0 Å². The monoisotopic (exact) mass is 406 g/mol. The molecule has 1 aromatic carbocycles. The highest BCUT2D eigenvalue weighted by Crippen LogP contribution is 2.66. The molecule has 0 aromatic heterocycles. The predicted octanol–water partition coefficient (Wildman–Crippen LogP) is 3.57. The van der Waals surface area contributed by atoms with Crippen molar-refractivity contribution in [2.24, 2.45) is 5.92 Å². The number of benzene rings is 1. The molecule has 2 N–H and O–H groups in total. The third kappa shape index (κ3) is 3.13. The molecule has 1 aromatic rings. The highest BCUT2D eigenvalue weighted by Gasteiger charge is 2.69. The zero-order valence-corrected chi connectivity index (χ0v) is 14.6. The van der Waals surface area contributed by atoms with Gasteiger partial charge in [0.1, 0.15) is 5.75 Å². The average molecular weight is 408 g/mol. The van der Waals surface area contributed by atoms with Crippen molar-refractivity contribution < 1.29 is 4.74 Å². The smallest absolute Gasteiger partial charge is 0.134 e. The zero-order valence-electron chi connectivity index (χ0n) is 10.6. The molecular formula is C13H16Br2N2OS. The predicted molar refractivity (Wildman–Crippen MR) is 85.7 cm³/mol. The summed E-state index contributed by atoms with van der Waals surface area (Å²) < 4.78 is 10.7. The molecule has 0 atom stereocenters. The third-order valence-corrected chi connectivity index (χ3v) is 6.22. The van der Waals surface area contributed by atoms with Crippen LogP contribution in [0.2, 0.25) is 0 Å². The SMILES string of the molecule is COc1cc(SNCCNC23CC2C3)c(Br)cc1Br. The van der Waals surface area contributed by atoms with Gasteiger partial charge in [-0.25, -0.2) is 0 Å². The van der Waals surface area contributed by atoms with Crippen molar-refractivity contribution in [3.05, 3.63) is 21.1 Å². The van der Waals surface area contributed by atoms with Gasteiger partial charge in [0.25, 0.3) is 0 Å². The maximum absolute atomic E-state index is 5.31. The summed E-state index contributed by atoms with van der Waals surface area (Å²) in [6.07, 6.45) is 2.80. The van der Waals surface area contributed by atoms with Crippen molar-refractivity contribution in [3.8, 4) is 5.75 Å². The largest absolute Gasteiger partial charge is 0.496 e. The number of rotatable bonds is 7. The lowest BCUT2D eigenvalue weighted by Crippen LogP contribution is -2.29. The van der Waals surface area contributed by atoms with Crippen LogP contribution in [-0.4, -0.2) is 25.7 Å². The van der Waals surface area contributed by atoms with Gasteiger partial charge in [-0.2, -0.15) is 0 Å². The Morgan fingerprint density at radius 3 is 2.68 bits per heavy atom. The van der Waals surface area contributed by atoms with E-state index in [4.69, 9.17) is 4.74 Å². The number of ether oxygens (including phenoxy) is 1. The first kappa shape index (κ1) is 14.2. The maximum atomic E-state index is 5.31. The molecule has 0 spiro atoms. The molecule has 2 aliphatic rings. The zero-order chi connectivity index (χ0) is 13.5. The molecule has 2 aliphatic carbocycles. The number of halogens is 2. The summed E-state index contributed by atoms with van der Waals surface area (Å²) in [6, 6.07) is 4.04. The van der Waals surface area contributed by atoms with Crippen LogP contribution in [-0.2, 0) is 0 Å². The van der Waals surface area contributed by atoms with Crippen LogP contribution < -0.4 is 14.8 Å². The Morgan fingerprint density at radius 1 is 1.32 bits per heavy atom. The van der Waals surface area contributed by atoms with Crippen LogP contribution in [0.5, 0.6) is 5.75 Å². The normalized spacial score (nSPS) is 27.0. The van der Waals surface area contributed by atoms with Gasteiger partial charge in [0.2, 0.25) is 0 Å². The average Bonchev–Trinajstić information content (AvgIpc) is 3.20. The Labute approximate surface area is 134 Å². The van der Waals surface area contributed by atoms with E-state index in [2.05, 4.69) is 41.9 Å². The molecular weight excluding hydrogens is 392 g/mol. The second kappa shape index (κ2) is 5.56. The Balaban J connectivity index is 1.45. The Bertz CT molecular complexity index is 492. The van der Waals surface area contributed by atoms with Crippen LogP contribution >= 0.6 is 43.8 Å². The Hall–Kier alpha value is 0.250. The first-order valence-electron chi connectivity index (χ1n) is 6.32. The summed E-state index contributed by atoms with van der Waals surface area (Å²) in [5.74, 6) is 1.85. The minimum Gasteiger partial charge on any atom is -0.496 e. The van der Waals surface area contributed by atoms with Gasteiger partial charge in [-0.3, -0.25) is 4.72 Å². The van der Waals surface area contributed by atoms with E-state index in [1.54, 1.807) is 19.1 Å². The van der Waals surface area contributed by atoms with E-state index < -0.39 is 0 Å². The first-order chi connectivity index (χ1) is 9.14. The Morgan fingerprint density at radius 2 is 2.05 bits per heavy atom. The molecule has 6 heteroatoms. The van der Waals surface area contributed by atoms with E-state index in [1.807, 2.05) is 12.1 Å². The van der Waals surface area contributed by atoms with E-state index in [-0.39, 0.29) is 0 Å². The molecule has 0 amide bonds. The van der Waals surface area contributed by atoms with Crippen molar-refractivity contribution in [2.45, 2.75) is 23.3 Å². The van der Waals surface area contributed by atoms with E-state index in [9.17, 15) is 0 Å². The highest BCUT2D eigenvalue weighted by atomic mass is 79.9. The summed E-state index contributed by atoms with van der Waals surface area (Å²) in [6.45, 7) is 2.00. The molecule has 3 rings (SSSR count). The number of fused-ring (bicyclic) bond motifs is 1. The molecule has 104 valence electrons. The lowest BCUT2D eigenvalue weighted by atomic mass is 10.3. The van der Waals surface area contributed by atoms with Gasteiger partial charge in [-0.15, -0.1) is 0 Å². The van der Waals surface area contributed by atoms with Gasteiger partial charge >= 0.3 is 0 Å². The minimum absolute atomic E-state index is 0.577. The van der Waals surface area contributed by atoms with Crippen molar-refractivity contribution in [1.82, 2.24) is 10.0 Å². The number of methoxy groups -OCH3 is 1. The molecule has 2 fully saturated rings.